The van der Waals surface area contributed by atoms with Crippen molar-refractivity contribution in [3.63, 3.8) is 0 Å². The van der Waals surface area contributed by atoms with Gasteiger partial charge in [-0.1, -0.05) is 42.8 Å². The van der Waals surface area contributed by atoms with Crippen molar-refractivity contribution in [2.24, 2.45) is 0 Å². The molecule has 1 saturated carbocycles. The summed E-state index contributed by atoms with van der Waals surface area (Å²) in [5.41, 5.74) is 2.78. The van der Waals surface area contributed by atoms with Crippen LogP contribution in [0.15, 0.2) is 51.7 Å². The van der Waals surface area contributed by atoms with Gasteiger partial charge in [0.2, 0.25) is 5.91 Å². The summed E-state index contributed by atoms with van der Waals surface area (Å²) in [6, 6.07) is 10.6. The summed E-state index contributed by atoms with van der Waals surface area (Å²) in [6.07, 6.45) is 4.29. The topological polar surface area (TPSA) is 93.1 Å². The highest BCUT2D eigenvalue weighted by molar-refractivity contribution is 7.99. The summed E-state index contributed by atoms with van der Waals surface area (Å²) < 4.78 is 1.14. The van der Waals surface area contributed by atoms with Gasteiger partial charge in [-0.15, -0.1) is 11.3 Å². The molecule has 0 bridgehead atoms. The van der Waals surface area contributed by atoms with Crippen molar-refractivity contribution >= 4 is 45.8 Å². The summed E-state index contributed by atoms with van der Waals surface area (Å²) in [5, 5.41) is 5.49. The van der Waals surface area contributed by atoms with Crippen LogP contribution in [0.25, 0.3) is 10.9 Å². The van der Waals surface area contributed by atoms with Crippen LogP contribution >= 0.6 is 23.1 Å². The van der Waals surface area contributed by atoms with E-state index >= 15 is 0 Å². The maximum Gasteiger partial charge on any atom is 0.281 e. The largest absolute Gasteiger partial charge is 0.353 e. The number of fused-ring (bicyclic) bond motifs is 1. The Morgan fingerprint density at radius 2 is 1.97 bits per heavy atom. The molecule has 2 heterocycles. The van der Waals surface area contributed by atoms with Gasteiger partial charge >= 0.3 is 0 Å². The Kier molecular flexibility index (Phi) is 5.96. The van der Waals surface area contributed by atoms with E-state index in [2.05, 4.69) is 15.7 Å². The highest BCUT2D eigenvalue weighted by atomic mass is 32.2. The second-order valence-electron chi connectivity index (χ2n) is 6.81. The van der Waals surface area contributed by atoms with Gasteiger partial charge in [-0.3, -0.25) is 19.8 Å². The number of benzene rings is 1. The average molecular weight is 429 g/mol. The van der Waals surface area contributed by atoms with Crippen LogP contribution in [-0.2, 0) is 4.79 Å². The number of nitrogens with one attached hydrogen (secondary N) is 2. The van der Waals surface area contributed by atoms with Gasteiger partial charge in [0, 0.05) is 6.04 Å². The Bertz CT molecular complexity index is 1090. The standard InChI is InChI=1S/C20H20N4O3S2/c25-17(21-13-6-1-2-7-13)12-29-20-22-15-9-4-3-8-14(15)19(27)24(20)23-18(26)16-10-5-11-28-16/h3-5,8-11,13H,1-2,6-7,12H2,(H,21,25)(H,23,26). The van der Waals surface area contributed by atoms with E-state index in [9.17, 15) is 14.4 Å². The third-order valence-electron chi connectivity index (χ3n) is 4.76. The molecule has 0 aliphatic heterocycles. The summed E-state index contributed by atoms with van der Waals surface area (Å²) in [6.45, 7) is 0. The lowest BCUT2D eigenvalue weighted by Crippen LogP contribution is -2.36. The van der Waals surface area contributed by atoms with Gasteiger partial charge < -0.3 is 5.32 Å². The van der Waals surface area contributed by atoms with Gasteiger partial charge in [-0.25, -0.2) is 4.98 Å². The number of rotatable bonds is 6. The van der Waals surface area contributed by atoms with E-state index < -0.39 is 5.91 Å². The van der Waals surface area contributed by atoms with E-state index in [1.54, 1.807) is 41.8 Å². The molecular weight excluding hydrogens is 408 g/mol. The summed E-state index contributed by atoms with van der Waals surface area (Å²) in [7, 11) is 0. The molecule has 1 fully saturated rings. The first-order valence-corrected chi connectivity index (χ1v) is 11.3. The molecule has 7 nitrogen and oxygen atoms in total. The van der Waals surface area contributed by atoms with Crippen molar-refractivity contribution in [3.05, 3.63) is 57.0 Å². The van der Waals surface area contributed by atoms with Crippen LogP contribution in [0.5, 0.6) is 0 Å². The minimum absolute atomic E-state index is 0.0968. The highest BCUT2D eigenvalue weighted by Crippen LogP contribution is 2.20. The van der Waals surface area contributed by atoms with Gasteiger partial charge in [0.25, 0.3) is 11.5 Å². The number of hydrogen-bond donors (Lipinski definition) is 2. The van der Waals surface area contributed by atoms with Crippen molar-refractivity contribution in [1.82, 2.24) is 15.0 Å². The predicted molar refractivity (Wildman–Crippen MR) is 115 cm³/mol. The molecule has 3 aromatic rings. The van der Waals surface area contributed by atoms with Crippen molar-refractivity contribution in [3.8, 4) is 0 Å². The third-order valence-corrected chi connectivity index (χ3v) is 6.56. The third kappa shape index (κ3) is 4.51. The second kappa shape index (κ2) is 8.79. The monoisotopic (exact) mass is 428 g/mol. The van der Waals surface area contributed by atoms with Crippen molar-refractivity contribution in [1.29, 1.82) is 0 Å². The maximum absolute atomic E-state index is 13.0. The van der Waals surface area contributed by atoms with E-state index in [1.165, 1.54) is 11.3 Å². The van der Waals surface area contributed by atoms with E-state index in [4.69, 9.17) is 0 Å². The smallest absolute Gasteiger partial charge is 0.281 e. The number of thioether (sulfide) groups is 1. The molecule has 1 aliphatic rings. The molecule has 4 rings (SSSR count). The fourth-order valence-electron chi connectivity index (χ4n) is 3.34. The average Bonchev–Trinajstić information content (AvgIpc) is 3.43. The van der Waals surface area contributed by atoms with E-state index in [-0.39, 0.29) is 28.4 Å². The molecule has 0 saturated heterocycles. The lowest BCUT2D eigenvalue weighted by Gasteiger charge is -2.14. The number of amides is 2. The molecule has 1 aromatic carbocycles. The van der Waals surface area contributed by atoms with Crippen molar-refractivity contribution in [2.75, 3.05) is 11.2 Å². The molecule has 1 aliphatic carbocycles. The Labute approximate surface area is 175 Å². The molecule has 0 unspecified atom stereocenters. The quantitative estimate of drug-likeness (QED) is 0.465. The fraction of sp³-hybridized carbons (Fsp3) is 0.300. The van der Waals surface area contributed by atoms with Crippen LogP contribution in [0.2, 0.25) is 0 Å². The Morgan fingerprint density at radius 1 is 1.17 bits per heavy atom. The second-order valence-corrected chi connectivity index (χ2v) is 8.70. The normalized spacial score (nSPS) is 14.2. The maximum atomic E-state index is 13.0. The highest BCUT2D eigenvalue weighted by Gasteiger charge is 2.19. The molecule has 0 atom stereocenters. The number of thiophene rings is 1. The van der Waals surface area contributed by atoms with E-state index in [0.717, 1.165) is 42.1 Å². The molecule has 0 spiro atoms. The van der Waals surface area contributed by atoms with Crippen LogP contribution in [-0.4, -0.2) is 33.3 Å². The molecule has 29 heavy (non-hydrogen) atoms. The van der Waals surface area contributed by atoms with Crippen LogP contribution in [0, 0.1) is 0 Å². The van der Waals surface area contributed by atoms with Gasteiger partial charge in [-0.2, -0.15) is 4.68 Å². The minimum Gasteiger partial charge on any atom is -0.353 e. The number of carbonyl (C=O) groups excluding carboxylic acids is 2. The molecule has 2 amide bonds. The van der Waals surface area contributed by atoms with Gasteiger partial charge in [0.15, 0.2) is 5.16 Å². The van der Waals surface area contributed by atoms with Crippen LogP contribution < -0.4 is 16.3 Å². The van der Waals surface area contributed by atoms with E-state index in [1.807, 2.05) is 0 Å². The zero-order valence-electron chi connectivity index (χ0n) is 15.6. The molecule has 9 heteroatoms. The number of nitrogens with zero attached hydrogens (tertiary/aromatic N) is 2. The molecular formula is C20H20N4O3S2. The number of hydrogen-bond acceptors (Lipinski definition) is 6. The van der Waals surface area contributed by atoms with Crippen LogP contribution in [0.4, 0.5) is 0 Å². The van der Waals surface area contributed by atoms with Crippen molar-refractivity contribution in [2.45, 2.75) is 36.9 Å². The zero-order chi connectivity index (χ0) is 20.2. The Balaban J connectivity index is 1.59. The first kappa shape index (κ1) is 19.7. The Morgan fingerprint density at radius 3 is 2.72 bits per heavy atom. The number of aromatic nitrogens is 2. The van der Waals surface area contributed by atoms with Crippen LogP contribution in [0.3, 0.4) is 0 Å². The van der Waals surface area contributed by atoms with Crippen LogP contribution in [0.1, 0.15) is 35.4 Å². The fourth-order valence-corrected chi connectivity index (χ4v) is 4.72. The zero-order valence-corrected chi connectivity index (χ0v) is 17.2. The minimum atomic E-state index is -0.392. The summed E-state index contributed by atoms with van der Waals surface area (Å²) in [4.78, 5) is 42.8. The summed E-state index contributed by atoms with van der Waals surface area (Å²) >= 11 is 2.42. The first-order valence-electron chi connectivity index (χ1n) is 9.40. The van der Waals surface area contributed by atoms with Crippen molar-refractivity contribution < 1.29 is 9.59 Å². The number of carbonyl (C=O) groups is 2. The van der Waals surface area contributed by atoms with Gasteiger partial charge in [0.05, 0.1) is 21.5 Å². The first-order chi connectivity index (χ1) is 14.1. The molecule has 2 aromatic heterocycles. The van der Waals surface area contributed by atoms with Gasteiger partial charge in [-0.05, 0) is 36.4 Å². The molecule has 0 radical (unpaired) electrons. The SMILES string of the molecule is O=C(CSc1nc2ccccc2c(=O)n1NC(=O)c1cccs1)NC1CCCC1. The predicted octanol–water partition coefficient (Wildman–Crippen LogP) is 2.99. The lowest BCUT2D eigenvalue weighted by atomic mass is 10.2. The van der Waals surface area contributed by atoms with Gasteiger partial charge in [0.1, 0.15) is 0 Å². The number of para-hydroxylation sites is 1. The lowest BCUT2D eigenvalue weighted by molar-refractivity contribution is -0.119. The Hall–Kier alpha value is -2.65. The van der Waals surface area contributed by atoms with E-state index in [0.29, 0.717) is 15.8 Å². The molecule has 150 valence electrons. The molecule has 2 N–H and O–H groups in total. The summed E-state index contributed by atoms with van der Waals surface area (Å²) in [5.74, 6) is -0.368.